The zero-order valence-electron chi connectivity index (χ0n) is 25.7. The minimum atomic E-state index is -1.09. The first-order valence-electron chi connectivity index (χ1n) is 15.1. The Morgan fingerprint density at radius 2 is 0.833 bits per heavy atom. The third kappa shape index (κ3) is 9.75. The molecule has 0 saturated heterocycles. The molecule has 0 radical (unpaired) electrons. The highest BCUT2D eigenvalue weighted by Gasteiger charge is 2.27. The van der Waals surface area contributed by atoms with Gasteiger partial charge in [-0.25, -0.2) is 25.5 Å². The predicted molar refractivity (Wildman–Crippen MR) is 179 cm³/mol. The number of aromatic nitrogens is 1. The van der Waals surface area contributed by atoms with E-state index < -0.39 is 35.8 Å². The monoisotopic (exact) mass is 643 g/mol. The minimum Gasteiger partial charge on any atom is -0.341 e. The Bertz CT molecular complexity index is 1680. The second-order valence-corrected chi connectivity index (χ2v) is 10.6. The molecule has 0 saturated carbocycles. The highest BCUT2D eigenvalue weighted by Crippen LogP contribution is 2.12. The summed E-state index contributed by atoms with van der Waals surface area (Å²) in [4.78, 5) is 67.8. The van der Waals surface area contributed by atoms with Crippen molar-refractivity contribution in [1.82, 2.24) is 15.6 Å². The molecule has 0 aliphatic heterocycles. The molecule has 11 nitrogen and oxygen atoms in total. The largest absolute Gasteiger partial charge is 0.354 e. The maximum Gasteiger partial charge on any atom is 0.354 e. The van der Waals surface area contributed by atoms with Gasteiger partial charge >= 0.3 is 11.9 Å². The lowest BCUT2D eigenvalue weighted by Gasteiger charge is -2.19. The third-order valence-corrected chi connectivity index (χ3v) is 7.05. The number of carbonyl (C=O) groups excluding carboxylic acids is 4. The summed E-state index contributed by atoms with van der Waals surface area (Å²) in [5, 5.41) is 5.36. The van der Waals surface area contributed by atoms with Crippen LogP contribution in [-0.4, -0.2) is 40.8 Å². The number of hydrogen-bond acceptors (Lipinski definition) is 9. The average Bonchev–Trinajstić information content (AvgIpc) is 3.14. The van der Waals surface area contributed by atoms with Crippen LogP contribution in [0, 0.1) is 0 Å². The first-order chi connectivity index (χ1) is 23.4. The zero-order valence-corrected chi connectivity index (χ0v) is 25.7. The fourth-order valence-electron chi connectivity index (χ4n) is 4.61. The molecule has 0 fully saturated rings. The maximum atomic E-state index is 13.4. The Balaban J connectivity index is 1.28. The van der Waals surface area contributed by atoms with Gasteiger partial charge in [-0.1, -0.05) is 103 Å². The van der Waals surface area contributed by atoms with Crippen molar-refractivity contribution in [2.75, 3.05) is 11.0 Å². The van der Waals surface area contributed by atoms with Crippen LogP contribution in [0.25, 0.3) is 0 Å². The van der Waals surface area contributed by atoms with E-state index in [2.05, 4.69) is 26.6 Å². The van der Waals surface area contributed by atoms with Gasteiger partial charge in [0.15, 0.2) is 0 Å². The van der Waals surface area contributed by atoms with E-state index in [1.54, 1.807) is 48.5 Å². The molecule has 0 aliphatic rings. The highest BCUT2D eigenvalue weighted by molar-refractivity contribution is 5.99. The van der Waals surface area contributed by atoms with Crippen LogP contribution in [-0.2, 0) is 32.1 Å². The lowest BCUT2D eigenvalue weighted by Crippen LogP contribution is -2.45. The Morgan fingerprint density at radius 1 is 0.479 bits per heavy atom. The number of amides is 2. The van der Waals surface area contributed by atoms with E-state index in [1.165, 1.54) is 18.2 Å². The highest BCUT2D eigenvalue weighted by atomic mass is 16.7. The lowest BCUT2D eigenvalue weighted by atomic mass is 10.1. The molecule has 242 valence electrons. The molecule has 0 unspecified atom stereocenters. The van der Waals surface area contributed by atoms with Gasteiger partial charge in [0.05, 0.1) is 11.4 Å². The van der Waals surface area contributed by atoms with E-state index in [9.17, 15) is 19.2 Å². The number of benzene rings is 4. The van der Waals surface area contributed by atoms with Gasteiger partial charge in [-0.05, 0) is 47.5 Å². The van der Waals surface area contributed by atoms with Crippen molar-refractivity contribution in [2.24, 2.45) is 0 Å². The fourth-order valence-corrected chi connectivity index (χ4v) is 4.61. The van der Waals surface area contributed by atoms with Crippen LogP contribution in [0.15, 0.2) is 140 Å². The number of nitrogens with one attached hydrogen (secondary N) is 4. The van der Waals surface area contributed by atoms with Crippen molar-refractivity contribution < 1.29 is 28.9 Å². The van der Waals surface area contributed by atoms with Crippen LogP contribution in [0.4, 0.5) is 11.4 Å². The Labute approximate surface area is 277 Å². The van der Waals surface area contributed by atoms with Gasteiger partial charge in [0.1, 0.15) is 23.5 Å². The summed E-state index contributed by atoms with van der Waals surface area (Å²) in [6, 6.07) is 38.1. The van der Waals surface area contributed by atoms with Crippen LogP contribution >= 0.6 is 0 Å². The van der Waals surface area contributed by atoms with Crippen molar-refractivity contribution in [1.29, 1.82) is 0 Å². The smallest absolute Gasteiger partial charge is 0.341 e. The molecule has 1 heterocycles. The van der Waals surface area contributed by atoms with Crippen LogP contribution in [0.5, 0.6) is 0 Å². The van der Waals surface area contributed by atoms with Crippen molar-refractivity contribution >= 4 is 35.1 Å². The maximum absolute atomic E-state index is 13.4. The molecular formula is C37H33N5O6. The summed E-state index contributed by atoms with van der Waals surface area (Å²) >= 11 is 0. The summed E-state index contributed by atoms with van der Waals surface area (Å²) in [5.74, 6) is -2.85. The average molecular weight is 644 g/mol. The van der Waals surface area contributed by atoms with Gasteiger partial charge in [-0.2, -0.15) is 0 Å². The van der Waals surface area contributed by atoms with Gasteiger partial charge in [0.25, 0.3) is 11.8 Å². The zero-order chi connectivity index (χ0) is 33.6. The topological polar surface area (TPSA) is 148 Å². The first-order valence-corrected chi connectivity index (χ1v) is 15.1. The first kappa shape index (κ1) is 32.9. The molecule has 5 aromatic rings. The SMILES string of the molecule is O=C(N[C@@H](Cc1ccccc1)C(=O)ONc1ccccc1)c1cccc(C(=O)N[C@@H](Cc2ccccc2)C(=O)ONc2ccccc2)n1. The van der Waals surface area contributed by atoms with Gasteiger partial charge in [-0.3, -0.25) is 9.59 Å². The van der Waals surface area contributed by atoms with E-state index in [0.717, 1.165) is 11.1 Å². The quantitative estimate of drug-likeness (QED) is 0.124. The van der Waals surface area contributed by atoms with E-state index >= 15 is 0 Å². The molecule has 2 amide bonds. The number of pyridine rings is 1. The summed E-state index contributed by atoms with van der Waals surface area (Å²) in [6.45, 7) is 0. The summed E-state index contributed by atoms with van der Waals surface area (Å²) in [5.41, 5.74) is 7.67. The van der Waals surface area contributed by atoms with Gasteiger partial charge in [-0.15, -0.1) is 0 Å². The van der Waals surface area contributed by atoms with Crippen LogP contribution in [0.1, 0.15) is 32.1 Å². The molecule has 0 aliphatic carbocycles. The lowest BCUT2D eigenvalue weighted by molar-refractivity contribution is -0.143. The molecule has 5 rings (SSSR count). The number of anilines is 2. The van der Waals surface area contributed by atoms with Crippen molar-refractivity contribution in [3.63, 3.8) is 0 Å². The third-order valence-electron chi connectivity index (χ3n) is 7.05. The molecule has 4 aromatic carbocycles. The Kier molecular flexibility index (Phi) is 11.5. The molecule has 2 atom stereocenters. The molecular weight excluding hydrogens is 610 g/mol. The normalized spacial score (nSPS) is 11.7. The number of nitrogens with zero attached hydrogens (tertiary/aromatic N) is 1. The molecule has 1 aromatic heterocycles. The standard InChI is InChI=1S/C37H33N5O6/c43-34(39-32(24-26-14-5-1-6-15-26)36(45)47-41-28-18-9-3-10-19-28)30-22-13-23-31(38-30)35(44)40-33(25-27-16-7-2-8-17-27)37(46)48-42-29-20-11-4-12-21-29/h1-23,32-33,41-42H,24-25H2,(H,39,43)(H,40,44)/t32-,33-/m0/s1. The minimum absolute atomic E-state index is 0.113. The summed E-state index contributed by atoms with van der Waals surface area (Å²) < 4.78 is 0. The van der Waals surface area contributed by atoms with E-state index in [-0.39, 0.29) is 24.2 Å². The van der Waals surface area contributed by atoms with Crippen molar-refractivity contribution in [2.45, 2.75) is 24.9 Å². The number of carbonyl (C=O) groups is 4. The van der Waals surface area contributed by atoms with E-state index in [1.807, 2.05) is 72.8 Å². The fraction of sp³-hybridized carbons (Fsp3) is 0.108. The van der Waals surface area contributed by atoms with Gasteiger partial charge in [0.2, 0.25) is 0 Å². The summed E-state index contributed by atoms with van der Waals surface area (Å²) in [6.07, 6.45) is 0.282. The molecule has 0 bridgehead atoms. The second-order valence-electron chi connectivity index (χ2n) is 10.6. The molecule has 11 heteroatoms. The van der Waals surface area contributed by atoms with Crippen LogP contribution in [0.2, 0.25) is 0 Å². The molecule has 4 N–H and O–H groups in total. The van der Waals surface area contributed by atoms with E-state index in [4.69, 9.17) is 9.68 Å². The number of rotatable bonds is 14. The Morgan fingerprint density at radius 3 is 1.21 bits per heavy atom. The molecule has 48 heavy (non-hydrogen) atoms. The number of para-hydroxylation sites is 2. The van der Waals surface area contributed by atoms with Crippen LogP contribution in [0.3, 0.4) is 0 Å². The second kappa shape index (κ2) is 16.7. The number of hydrogen-bond donors (Lipinski definition) is 4. The van der Waals surface area contributed by atoms with Crippen molar-refractivity contribution in [3.05, 3.63) is 162 Å². The van der Waals surface area contributed by atoms with Crippen molar-refractivity contribution in [3.8, 4) is 0 Å². The Hall–Kier alpha value is -6.49. The molecule has 0 spiro atoms. The van der Waals surface area contributed by atoms with E-state index in [0.29, 0.717) is 11.4 Å². The van der Waals surface area contributed by atoms with Gasteiger partial charge < -0.3 is 20.3 Å². The van der Waals surface area contributed by atoms with Gasteiger partial charge in [0, 0.05) is 12.8 Å². The summed E-state index contributed by atoms with van der Waals surface area (Å²) in [7, 11) is 0. The van der Waals surface area contributed by atoms with Crippen LogP contribution < -0.4 is 21.6 Å². The predicted octanol–water partition coefficient (Wildman–Crippen LogP) is 4.90.